The van der Waals surface area contributed by atoms with Gasteiger partial charge in [0.05, 0.1) is 17.7 Å². The predicted octanol–water partition coefficient (Wildman–Crippen LogP) is 4.22. The van der Waals surface area contributed by atoms with E-state index in [1.54, 1.807) is 36.4 Å². The molecule has 3 aromatic rings. The van der Waals surface area contributed by atoms with Crippen LogP contribution in [0.3, 0.4) is 0 Å². The summed E-state index contributed by atoms with van der Waals surface area (Å²) in [6.07, 6.45) is -5.16. The first kappa shape index (κ1) is 24.5. The van der Waals surface area contributed by atoms with Gasteiger partial charge in [-0.3, -0.25) is 19.8 Å². The molecular formula is C25H19F3N4O4. The van der Waals surface area contributed by atoms with Gasteiger partial charge in [0.2, 0.25) is 11.8 Å². The molecule has 36 heavy (non-hydrogen) atoms. The summed E-state index contributed by atoms with van der Waals surface area (Å²) < 4.78 is 39.2. The molecule has 8 nitrogen and oxygen atoms in total. The highest BCUT2D eigenvalue weighted by molar-refractivity contribution is 6.19. The normalized spacial score (nSPS) is 16.0. The number of halogens is 3. The molecule has 5 amide bonds. The molecule has 0 radical (unpaired) electrons. The molecule has 1 aliphatic heterocycles. The molecule has 1 aliphatic rings. The van der Waals surface area contributed by atoms with E-state index in [2.05, 4.69) is 10.7 Å². The Bertz CT molecular complexity index is 1300. The molecule has 1 fully saturated rings. The lowest BCUT2D eigenvalue weighted by Gasteiger charge is -2.38. The third-order valence-corrected chi connectivity index (χ3v) is 5.36. The molecule has 2 N–H and O–H groups in total. The van der Waals surface area contributed by atoms with E-state index in [-0.39, 0.29) is 16.9 Å². The van der Waals surface area contributed by atoms with Gasteiger partial charge >= 0.3 is 12.2 Å². The van der Waals surface area contributed by atoms with Crippen LogP contribution in [0.15, 0.2) is 84.9 Å². The largest absolute Gasteiger partial charge is 0.416 e. The van der Waals surface area contributed by atoms with Crippen LogP contribution in [0.25, 0.3) is 0 Å². The smallest absolute Gasteiger partial charge is 0.324 e. The maximum absolute atomic E-state index is 13.3. The number of nitrogens with one attached hydrogen (secondary N) is 2. The third-order valence-electron chi connectivity index (χ3n) is 5.36. The summed E-state index contributed by atoms with van der Waals surface area (Å²) in [7, 11) is 0. The number of anilines is 2. The lowest BCUT2D eigenvalue weighted by atomic mass is 10.1. The number of hydrazine groups is 1. The van der Waals surface area contributed by atoms with Crippen LogP contribution in [0.1, 0.15) is 22.3 Å². The van der Waals surface area contributed by atoms with Crippen LogP contribution in [0.2, 0.25) is 0 Å². The van der Waals surface area contributed by atoms with Crippen molar-refractivity contribution in [1.29, 1.82) is 0 Å². The molecule has 0 unspecified atom stereocenters. The quantitative estimate of drug-likeness (QED) is 0.553. The topological polar surface area (TPSA) is 98.8 Å². The highest BCUT2D eigenvalue weighted by atomic mass is 19.4. The summed E-state index contributed by atoms with van der Waals surface area (Å²) in [6, 6.07) is 17.2. The standard InChI is InChI=1S/C25H19F3N4O4/c26-25(27,28)17-10-7-11-18(14-17)29-23(35)20-15-21(33)31(19-12-5-2-6-13-19)24(36)32(20)30-22(34)16-8-3-1-4-9-16/h1-14,20H,15H2,(H,29,35)(H,30,34)/t20-/m0/s1. The molecule has 0 aromatic heterocycles. The Morgan fingerprint density at radius 2 is 1.50 bits per heavy atom. The summed E-state index contributed by atoms with van der Waals surface area (Å²) in [6.45, 7) is 0. The number of urea groups is 1. The molecule has 0 spiro atoms. The second-order valence-electron chi connectivity index (χ2n) is 7.81. The minimum Gasteiger partial charge on any atom is -0.324 e. The van der Waals surface area contributed by atoms with Gasteiger partial charge in [-0.1, -0.05) is 42.5 Å². The Morgan fingerprint density at radius 3 is 2.14 bits per heavy atom. The zero-order chi connectivity index (χ0) is 25.9. The van der Waals surface area contributed by atoms with Gasteiger partial charge in [-0.05, 0) is 42.5 Å². The number of amides is 5. The molecular weight excluding hydrogens is 477 g/mol. The van der Waals surface area contributed by atoms with Crippen molar-refractivity contribution in [3.8, 4) is 0 Å². The summed E-state index contributed by atoms with van der Waals surface area (Å²) in [5.74, 6) is -2.39. The Hall–Kier alpha value is -4.67. The molecule has 184 valence electrons. The zero-order valence-corrected chi connectivity index (χ0v) is 18.5. The Morgan fingerprint density at radius 1 is 0.861 bits per heavy atom. The number of carbonyl (C=O) groups excluding carboxylic acids is 4. The van der Waals surface area contributed by atoms with E-state index < -0.39 is 48.0 Å². The zero-order valence-electron chi connectivity index (χ0n) is 18.5. The van der Waals surface area contributed by atoms with Crippen LogP contribution in [0, 0.1) is 0 Å². The number of para-hydroxylation sites is 1. The van der Waals surface area contributed by atoms with Crippen molar-refractivity contribution in [1.82, 2.24) is 10.4 Å². The fourth-order valence-electron chi connectivity index (χ4n) is 3.63. The van der Waals surface area contributed by atoms with Crippen molar-refractivity contribution in [2.45, 2.75) is 18.6 Å². The average Bonchev–Trinajstić information content (AvgIpc) is 2.86. The molecule has 1 atom stereocenters. The molecule has 0 aliphatic carbocycles. The first-order valence-corrected chi connectivity index (χ1v) is 10.7. The number of hydrogen-bond donors (Lipinski definition) is 2. The highest BCUT2D eigenvalue weighted by Gasteiger charge is 2.44. The Labute approximate surface area is 203 Å². The number of nitrogens with zero attached hydrogens (tertiary/aromatic N) is 2. The average molecular weight is 496 g/mol. The molecule has 0 bridgehead atoms. The van der Waals surface area contributed by atoms with Gasteiger partial charge in [0.15, 0.2) is 0 Å². The van der Waals surface area contributed by atoms with Crippen LogP contribution < -0.4 is 15.6 Å². The number of hydrogen-bond acceptors (Lipinski definition) is 4. The molecule has 1 heterocycles. The molecule has 1 saturated heterocycles. The van der Waals surface area contributed by atoms with Gasteiger partial charge < -0.3 is 5.32 Å². The van der Waals surface area contributed by atoms with Crippen LogP contribution >= 0.6 is 0 Å². The van der Waals surface area contributed by atoms with Crippen LogP contribution in [-0.2, 0) is 15.8 Å². The first-order valence-electron chi connectivity index (χ1n) is 10.7. The van der Waals surface area contributed by atoms with Crippen LogP contribution in [0.5, 0.6) is 0 Å². The van der Waals surface area contributed by atoms with Gasteiger partial charge in [0, 0.05) is 11.3 Å². The van der Waals surface area contributed by atoms with Crippen LogP contribution in [0.4, 0.5) is 29.3 Å². The number of alkyl halides is 3. The third kappa shape index (κ3) is 5.19. The van der Waals surface area contributed by atoms with Gasteiger partial charge in [-0.2, -0.15) is 13.2 Å². The number of carbonyl (C=O) groups is 4. The minimum absolute atomic E-state index is 0.186. The van der Waals surface area contributed by atoms with Crippen molar-refractivity contribution < 1.29 is 32.3 Å². The number of imide groups is 1. The van der Waals surface area contributed by atoms with Crippen LogP contribution in [-0.4, -0.2) is 34.8 Å². The SMILES string of the molecule is O=C(NN1C(=O)N(c2ccccc2)C(=O)C[C@H]1C(=O)Nc1cccc(C(F)(F)F)c1)c1ccccc1. The summed E-state index contributed by atoms with van der Waals surface area (Å²) in [5, 5.41) is 3.02. The fourth-order valence-corrected chi connectivity index (χ4v) is 3.63. The minimum atomic E-state index is -4.64. The van der Waals surface area contributed by atoms with Gasteiger partial charge in [0.25, 0.3) is 5.91 Å². The van der Waals surface area contributed by atoms with Crippen molar-refractivity contribution in [3.63, 3.8) is 0 Å². The maximum Gasteiger partial charge on any atom is 0.416 e. The monoisotopic (exact) mass is 496 g/mol. The first-order chi connectivity index (χ1) is 17.1. The number of rotatable bonds is 5. The molecule has 3 aromatic carbocycles. The summed E-state index contributed by atoms with van der Waals surface area (Å²) >= 11 is 0. The van der Waals surface area contributed by atoms with Crippen molar-refractivity contribution in [2.75, 3.05) is 10.2 Å². The number of benzene rings is 3. The van der Waals surface area contributed by atoms with E-state index in [1.807, 2.05) is 0 Å². The van der Waals surface area contributed by atoms with Gasteiger partial charge in [-0.25, -0.2) is 14.7 Å². The highest BCUT2D eigenvalue weighted by Crippen LogP contribution is 2.31. The molecule has 0 saturated carbocycles. The van der Waals surface area contributed by atoms with Gasteiger partial charge in [-0.15, -0.1) is 0 Å². The van der Waals surface area contributed by atoms with E-state index in [0.29, 0.717) is 5.01 Å². The van der Waals surface area contributed by atoms with E-state index >= 15 is 0 Å². The van der Waals surface area contributed by atoms with E-state index in [9.17, 15) is 32.3 Å². The fraction of sp³-hybridized carbons (Fsp3) is 0.120. The molecule has 4 rings (SSSR count). The van der Waals surface area contributed by atoms with Crippen molar-refractivity contribution >= 4 is 35.1 Å². The second kappa shape index (κ2) is 9.90. The predicted molar refractivity (Wildman–Crippen MR) is 124 cm³/mol. The maximum atomic E-state index is 13.3. The summed E-state index contributed by atoms with van der Waals surface area (Å²) in [5.41, 5.74) is 1.61. The Balaban J connectivity index is 1.64. The molecule has 11 heteroatoms. The lowest BCUT2D eigenvalue weighted by molar-refractivity contribution is -0.137. The van der Waals surface area contributed by atoms with Crippen molar-refractivity contribution in [3.05, 3.63) is 96.1 Å². The van der Waals surface area contributed by atoms with E-state index in [1.165, 1.54) is 30.3 Å². The van der Waals surface area contributed by atoms with Gasteiger partial charge in [0.1, 0.15) is 6.04 Å². The van der Waals surface area contributed by atoms with E-state index in [0.717, 1.165) is 23.1 Å². The van der Waals surface area contributed by atoms with E-state index in [4.69, 9.17) is 0 Å². The lowest BCUT2D eigenvalue weighted by Crippen LogP contribution is -2.65. The van der Waals surface area contributed by atoms with Crippen molar-refractivity contribution in [2.24, 2.45) is 0 Å². The summed E-state index contributed by atoms with van der Waals surface area (Å²) in [4.78, 5) is 52.9. The Kier molecular flexibility index (Phi) is 6.73. The second-order valence-corrected chi connectivity index (χ2v) is 7.81.